The first kappa shape index (κ1) is 17.8. The highest BCUT2D eigenvalue weighted by Gasteiger charge is 2.19. The van der Waals surface area contributed by atoms with Crippen molar-refractivity contribution in [1.82, 2.24) is 4.31 Å². The van der Waals surface area contributed by atoms with Crippen LogP contribution < -0.4 is 5.32 Å². The van der Waals surface area contributed by atoms with Crippen molar-refractivity contribution in [2.75, 3.05) is 19.4 Å². The van der Waals surface area contributed by atoms with Crippen LogP contribution in [0.2, 0.25) is 0 Å². The van der Waals surface area contributed by atoms with Gasteiger partial charge in [-0.2, -0.15) is 0 Å². The topological polar surface area (TPSA) is 83.5 Å². The molecular weight excluding hydrogens is 328 g/mol. The number of nitrogens with one attached hydrogen (secondary N) is 1. The lowest BCUT2D eigenvalue weighted by Crippen LogP contribution is -2.24. The molecule has 7 heteroatoms. The standard InChI is InChI=1S/C17H18N2O4S/c1-12-7-9-13(10-8-12)16(20)17(21)18-14-5-4-6-15(11-14)24(22,23)19(2)3/h4-11H,1-3H3,(H,18,21). The van der Waals surface area contributed by atoms with E-state index in [9.17, 15) is 18.0 Å². The van der Waals surface area contributed by atoms with E-state index in [1.807, 2.05) is 6.92 Å². The predicted molar refractivity (Wildman–Crippen MR) is 91.5 cm³/mol. The summed E-state index contributed by atoms with van der Waals surface area (Å²) in [6, 6.07) is 12.4. The van der Waals surface area contributed by atoms with E-state index in [0.717, 1.165) is 9.87 Å². The third-order valence-electron chi connectivity index (χ3n) is 3.39. The fraction of sp³-hybridized carbons (Fsp3) is 0.176. The molecule has 0 saturated heterocycles. The Morgan fingerprint density at radius 2 is 1.62 bits per heavy atom. The zero-order valence-corrected chi connectivity index (χ0v) is 14.4. The Hall–Kier alpha value is -2.51. The van der Waals surface area contributed by atoms with Gasteiger partial charge in [-0.15, -0.1) is 0 Å². The molecule has 0 spiro atoms. The molecule has 6 nitrogen and oxygen atoms in total. The molecular formula is C17H18N2O4S. The van der Waals surface area contributed by atoms with Crippen molar-refractivity contribution in [1.29, 1.82) is 0 Å². The average Bonchev–Trinajstić information content (AvgIpc) is 2.55. The lowest BCUT2D eigenvalue weighted by atomic mass is 10.1. The summed E-state index contributed by atoms with van der Waals surface area (Å²) in [5.41, 5.74) is 1.49. The van der Waals surface area contributed by atoms with Gasteiger partial charge in [0, 0.05) is 25.3 Å². The lowest BCUT2D eigenvalue weighted by molar-refractivity contribution is -0.112. The van der Waals surface area contributed by atoms with Crippen molar-refractivity contribution in [3.8, 4) is 0 Å². The quantitative estimate of drug-likeness (QED) is 0.663. The molecule has 0 atom stereocenters. The number of carbonyl (C=O) groups is 2. The van der Waals surface area contributed by atoms with Gasteiger partial charge in [-0.25, -0.2) is 12.7 Å². The second-order valence-electron chi connectivity index (χ2n) is 5.46. The summed E-state index contributed by atoms with van der Waals surface area (Å²) in [4.78, 5) is 24.2. The van der Waals surface area contributed by atoms with Crippen LogP contribution >= 0.6 is 0 Å². The molecule has 0 aliphatic rings. The van der Waals surface area contributed by atoms with Gasteiger partial charge >= 0.3 is 0 Å². The van der Waals surface area contributed by atoms with Crippen molar-refractivity contribution in [3.05, 3.63) is 59.7 Å². The van der Waals surface area contributed by atoms with Crippen LogP contribution in [-0.2, 0) is 14.8 Å². The fourth-order valence-corrected chi connectivity index (χ4v) is 2.92. The number of carbonyl (C=O) groups excluding carboxylic acids is 2. The van der Waals surface area contributed by atoms with Crippen LogP contribution in [0.15, 0.2) is 53.4 Å². The van der Waals surface area contributed by atoms with Gasteiger partial charge in [-0.1, -0.05) is 35.9 Å². The van der Waals surface area contributed by atoms with Gasteiger partial charge in [0.25, 0.3) is 11.7 Å². The van der Waals surface area contributed by atoms with E-state index in [4.69, 9.17) is 0 Å². The molecule has 0 bridgehead atoms. The molecule has 2 aromatic carbocycles. The highest BCUT2D eigenvalue weighted by Crippen LogP contribution is 2.18. The predicted octanol–water partition coefficient (Wildman–Crippen LogP) is 2.07. The molecule has 0 saturated carbocycles. The summed E-state index contributed by atoms with van der Waals surface area (Å²) >= 11 is 0. The molecule has 0 unspecified atom stereocenters. The van der Waals surface area contributed by atoms with Gasteiger partial charge in [0.2, 0.25) is 10.0 Å². The van der Waals surface area contributed by atoms with Crippen molar-refractivity contribution in [2.24, 2.45) is 0 Å². The second kappa shape index (κ2) is 6.94. The average molecular weight is 346 g/mol. The number of aryl methyl sites for hydroxylation is 1. The Balaban J connectivity index is 2.21. The van der Waals surface area contributed by atoms with Gasteiger partial charge in [-0.05, 0) is 25.1 Å². The molecule has 0 radical (unpaired) electrons. The summed E-state index contributed by atoms with van der Waals surface area (Å²) in [6.45, 7) is 1.88. The van der Waals surface area contributed by atoms with Crippen molar-refractivity contribution < 1.29 is 18.0 Å². The minimum Gasteiger partial charge on any atom is -0.319 e. The molecule has 0 aliphatic carbocycles. The van der Waals surface area contributed by atoms with Crippen molar-refractivity contribution >= 4 is 27.4 Å². The normalized spacial score (nSPS) is 11.3. The van der Waals surface area contributed by atoms with E-state index < -0.39 is 21.7 Å². The number of Topliss-reactive ketones (excluding diaryl/α,β-unsaturated/α-hetero) is 1. The minimum atomic E-state index is -3.62. The number of benzene rings is 2. The van der Waals surface area contributed by atoms with Crippen LogP contribution in [0.25, 0.3) is 0 Å². The van der Waals surface area contributed by atoms with Gasteiger partial charge in [0.15, 0.2) is 0 Å². The molecule has 0 heterocycles. The Kier molecular flexibility index (Phi) is 5.16. The molecule has 0 aromatic heterocycles. The molecule has 1 amide bonds. The molecule has 0 fully saturated rings. The molecule has 126 valence electrons. The zero-order chi connectivity index (χ0) is 17.9. The Morgan fingerprint density at radius 1 is 1.00 bits per heavy atom. The second-order valence-corrected chi connectivity index (χ2v) is 7.62. The Morgan fingerprint density at radius 3 is 2.21 bits per heavy atom. The smallest absolute Gasteiger partial charge is 0.296 e. The maximum Gasteiger partial charge on any atom is 0.296 e. The summed E-state index contributed by atoms with van der Waals surface area (Å²) in [6.07, 6.45) is 0. The Bertz CT molecular complexity index is 872. The number of sulfonamides is 1. The minimum absolute atomic E-state index is 0.0353. The van der Waals surface area contributed by atoms with E-state index in [2.05, 4.69) is 5.32 Å². The summed E-state index contributed by atoms with van der Waals surface area (Å²) in [5.74, 6) is -1.51. The molecule has 2 aromatic rings. The lowest BCUT2D eigenvalue weighted by Gasteiger charge is -2.12. The number of nitrogens with zero attached hydrogens (tertiary/aromatic N) is 1. The number of hydrogen-bond donors (Lipinski definition) is 1. The number of amides is 1. The van der Waals surface area contributed by atoms with Crippen molar-refractivity contribution in [2.45, 2.75) is 11.8 Å². The van der Waals surface area contributed by atoms with E-state index >= 15 is 0 Å². The molecule has 0 aliphatic heterocycles. The molecule has 24 heavy (non-hydrogen) atoms. The first-order valence-electron chi connectivity index (χ1n) is 7.17. The third-order valence-corrected chi connectivity index (χ3v) is 5.20. The van der Waals surface area contributed by atoms with Crippen LogP contribution in [0.1, 0.15) is 15.9 Å². The van der Waals surface area contributed by atoms with Crippen LogP contribution in [-0.4, -0.2) is 38.5 Å². The van der Waals surface area contributed by atoms with E-state index in [-0.39, 0.29) is 16.1 Å². The van der Waals surface area contributed by atoms with Crippen LogP contribution in [0.3, 0.4) is 0 Å². The monoisotopic (exact) mass is 346 g/mol. The summed E-state index contributed by atoms with van der Waals surface area (Å²) in [5, 5.41) is 2.43. The van der Waals surface area contributed by atoms with Crippen LogP contribution in [0, 0.1) is 6.92 Å². The summed E-state index contributed by atoms with van der Waals surface area (Å²) in [7, 11) is -0.779. The third kappa shape index (κ3) is 3.87. The van der Waals surface area contributed by atoms with E-state index in [1.165, 1.54) is 38.4 Å². The first-order chi connectivity index (χ1) is 11.2. The van der Waals surface area contributed by atoms with Gasteiger partial charge in [0.1, 0.15) is 0 Å². The van der Waals surface area contributed by atoms with Crippen LogP contribution in [0.5, 0.6) is 0 Å². The maximum atomic E-state index is 12.1. The van der Waals surface area contributed by atoms with Crippen LogP contribution in [0.4, 0.5) is 5.69 Å². The SMILES string of the molecule is Cc1ccc(C(=O)C(=O)Nc2cccc(S(=O)(=O)N(C)C)c2)cc1. The maximum absolute atomic E-state index is 12.1. The van der Waals surface area contributed by atoms with E-state index in [0.29, 0.717) is 0 Å². The van der Waals surface area contributed by atoms with E-state index in [1.54, 1.807) is 24.3 Å². The fourth-order valence-electron chi connectivity index (χ4n) is 1.97. The zero-order valence-electron chi connectivity index (χ0n) is 13.6. The highest BCUT2D eigenvalue weighted by atomic mass is 32.2. The number of ketones is 1. The molecule has 1 N–H and O–H groups in total. The van der Waals surface area contributed by atoms with Crippen molar-refractivity contribution in [3.63, 3.8) is 0 Å². The number of rotatable bonds is 5. The van der Waals surface area contributed by atoms with Gasteiger partial charge in [-0.3, -0.25) is 9.59 Å². The van der Waals surface area contributed by atoms with Gasteiger partial charge in [0.05, 0.1) is 4.90 Å². The number of anilines is 1. The Labute approximate surface area is 141 Å². The number of hydrogen-bond acceptors (Lipinski definition) is 4. The van der Waals surface area contributed by atoms with Gasteiger partial charge < -0.3 is 5.32 Å². The largest absolute Gasteiger partial charge is 0.319 e. The summed E-state index contributed by atoms with van der Waals surface area (Å²) < 4.78 is 25.3. The molecule has 2 rings (SSSR count). The highest BCUT2D eigenvalue weighted by molar-refractivity contribution is 7.89. The first-order valence-corrected chi connectivity index (χ1v) is 8.61.